The van der Waals surface area contributed by atoms with Crippen LogP contribution >= 0.6 is 11.3 Å². The number of halogens is 1. The summed E-state index contributed by atoms with van der Waals surface area (Å²) in [6.45, 7) is -0.0326. The molecule has 3 atom stereocenters. The van der Waals surface area contributed by atoms with E-state index in [0.29, 0.717) is 6.42 Å². The average molecular weight is 317 g/mol. The van der Waals surface area contributed by atoms with Gasteiger partial charge in [0.2, 0.25) is 5.91 Å². The fourth-order valence-corrected chi connectivity index (χ4v) is 3.85. The summed E-state index contributed by atoms with van der Waals surface area (Å²) in [7, 11) is 0. The molecule has 6 heteroatoms. The van der Waals surface area contributed by atoms with Gasteiger partial charge in [0.1, 0.15) is 12.2 Å². The van der Waals surface area contributed by atoms with Crippen LogP contribution in [-0.4, -0.2) is 35.6 Å². The van der Waals surface area contributed by atoms with Crippen LogP contribution in [0.2, 0.25) is 0 Å². The van der Waals surface area contributed by atoms with Crippen molar-refractivity contribution in [3.8, 4) is 6.07 Å². The van der Waals surface area contributed by atoms with Crippen LogP contribution in [0, 0.1) is 11.3 Å². The largest absolute Gasteiger partial charge is 0.322 e. The maximum Gasteiger partial charge on any atom is 0.241 e. The van der Waals surface area contributed by atoms with Gasteiger partial charge in [-0.1, -0.05) is 18.2 Å². The van der Waals surface area contributed by atoms with Crippen LogP contribution < -0.4 is 5.73 Å². The number of likely N-dealkylation sites (tertiary alicyclic amines) is 1. The third kappa shape index (κ3) is 2.70. The lowest BCUT2D eigenvalue weighted by molar-refractivity contribution is -0.132. The molecular weight excluding hydrogens is 301 g/mol. The molecule has 1 amide bonds. The number of hydrogen-bond acceptors (Lipinski definition) is 4. The first-order valence-electron chi connectivity index (χ1n) is 7.15. The highest BCUT2D eigenvalue weighted by atomic mass is 32.1. The van der Waals surface area contributed by atoms with E-state index in [4.69, 9.17) is 11.0 Å². The number of rotatable bonds is 3. The molecule has 1 fully saturated rings. The number of nitriles is 1. The number of amides is 1. The van der Waals surface area contributed by atoms with Crippen LogP contribution in [0.15, 0.2) is 29.6 Å². The maximum absolute atomic E-state index is 13.4. The summed E-state index contributed by atoms with van der Waals surface area (Å²) < 4.78 is 14.6. The number of nitrogens with zero attached hydrogens (tertiary/aromatic N) is 2. The molecule has 1 aliphatic rings. The van der Waals surface area contributed by atoms with Gasteiger partial charge in [-0.3, -0.25) is 4.79 Å². The van der Waals surface area contributed by atoms with Crippen LogP contribution in [0.5, 0.6) is 0 Å². The number of alkyl halides is 1. The quantitative estimate of drug-likeness (QED) is 0.944. The lowest BCUT2D eigenvalue weighted by Gasteiger charge is -2.23. The summed E-state index contributed by atoms with van der Waals surface area (Å²) in [5.74, 6) is -0.345. The summed E-state index contributed by atoms with van der Waals surface area (Å²) in [6.07, 6.45) is -0.659. The first kappa shape index (κ1) is 14.9. The van der Waals surface area contributed by atoms with Gasteiger partial charge < -0.3 is 10.6 Å². The number of carbonyl (C=O) groups is 1. The molecule has 1 aromatic heterocycles. The molecule has 0 radical (unpaired) electrons. The number of benzene rings is 1. The van der Waals surface area contributed by atoms with Crippen molar-refractivity contribution < 1.29 is 9.18 Å². The van der Waals surface area contributed by atoms with Crippen molar-refractivity contribution in [2.75, 3.05) is 6.54 Å². The van der Waals surface area contributed by atoms with Gasteiger partial charge in [0, 0.05) is 11.1 Å². The van der Waals surface area contributed by atoms with Crippen LogP contribution in [0.1, 0.15) is 12.0 Å². The third-order valence-corrected chi connectivity index (χ3v) is 5.01. The van der Waals surface area contributed by atoms with E-state index in [0.717, 1.165) is 15.6 Å². The molecule has 22 heavy (non-hydrogen) atoms. The fraction of sp³-hybridized carbons (Fsp3) is 0.375. The monoisotopic (exact) mass is 317 g/mol. The van der Waals surface area contributed by atoms with Gasteiger partial charge in [0.15, 0.2) is 0 Å². The molecule has 1 aliphatic heterocycles. The van der Waals surface area contributed by atoms with Gasteiger partial charge >= 0.3 is 0 Å². The van der Waals surface area contributed by atoms with Crippen molar-refractivity contribution in [1.82, 2.24) is 4.90 Å². The molecular formula is C16H16FN3OS. The predicted molar refractivity (Wildman–Crippen MR) is 84.1 cm³/mol. The first-order chi connectivity index (χ1) is 10.6. The highest BCUT2D eigenvalue weighted by Crippen LogP contribution is 2.27. The minimum atomic E-state index is -1.14. The molecule has 0 saturated carbocycles. The molecule has 0 spiro atoms. The van der Waals surface area contributed by atoms with E-state index in [1.807, 2.05) is 35.7 Å². The zero-order valence-corrected chi connectivity index (χ0v) is 12.7. The van der Waals surface area contributed by atoms with Crippen molar-refractivity contribution >= 4 is 27.3 Å². The summed E-state index contributed by atoms with van der Waals surface area (Å²) in [6, 6.07) is 8.48. The SMILES string of the molecule is N#C[C@@H]1C[C@H](F)CN1C(=O)[C@@H](N)Cc1csc2ccccc12. The van der Waals surface area contributed by atoms with Gasteiger partial charge in [-0.25, -0.2) is 4.39 Å². The van der Waals surface area contributed by atoms with E-state index in [1.54, 1.807) is 11.3 Å². The number of fused-ring (bicyclic) bond motifs is 1. The van der Waals surface area contributed by atoms with E-state index in [2.05, 4.69) is 0 Å². The van der Waals surface area contributed by atoms with Crippen molar-refractivity contribution in [1.29, 1.82) is 5.26 Å². The van der Waals surface area contributed by atoms with E-state index in [9.17, 15) is 9.18 Å². The molecule has 3 rings (SSSR count). The Kier molecular flexibility index (Phi) is 4.10. The molecule has 1 aromatic carbocycles. The second kappa shape index (κ2) is 6.03. The Balaban J connectivity index is 1.75. The number of nitrogens with two attached hydrogens (primary N) is 1. The van der Waals surface area contributed by atoms with Gasteiger partial charge in [-0.2, -0.15) is 5.26 Å². The normalized spacial score (nSPS) is 22.7. The molecule has 114 valence electrons. The second-order valence-electron chi connectivity index (χ2n) is 5.54. The Hall–Kier alpha value is -1.97. The van der Waals surface area contributed by atoms with Crippen LogP contribution in [0.4, 0.5) is 4.39 Å². The Morgan fingerprint density at radius 1 is 1.55 bits per heavy atom. The van der Waals surface area contributed by atoms with Gasteiger partial charge in [0.25, 0.3) is 0 Å². The van der Waals surface area contributed by atoms with Gasteiger partial charge in [-0.05, 0) is 28.8 Å². The lowest BCUT2D eigenvalue weighted by atomic mass is 10.0. The van der Waals surface area contributed by atoms with Gasteiger partial charge in [0.05, 0.1) is 18.7 Å². The topological polar surface area (TPSA) is 70.1 Å². The molecule has 4 nitrogen and oxygen atoms in total. The first-order valence-corrected chi connectivity index (χ1v) is 8.03. The maximum atomic E-state index is 13.4. The average Bonchev–Trinajstić information content (AvgIpc) is 3.10. The molecule has 1 saturated heterocycles. The van der Waals surface area contributed by atoms with Crippen molar-refractivity contribution in [2.24, 2.45) is 5.73 Å². The lowest BCUT2D eigenvalue weighted by Crippen LogP contribution is -2.46. The number of carbonyl (C=O) groups excluding carboxylic acids is 1. The molecule has 0 bridgehead atoms. The number of hydrogen-bond donors (Lipinski definition) is 1. The molecule has 0 unspecified atom stereocenters. The predicted octanol–water partition coefficient (Wildman–Crippen LogP) is 2.23. The molecule has 0 aliphatic carbocycles. The molecule has 2 N–H and O–H groups in total. The Morgan fingerprint density at radius 3 is 3.09 bits per heavy atom. The number of thiophene rings is 1. The summed E-state index contributed by atoms with van der Waals surface area (Å²) in [4.78, 5) is 13.7. The van der Waals surface area contributed by atoms with Crippen LogP contribution in [0.3, 0.4) is 0 Å². The highest BCUT2D eigenvalue weighted by Gasteiger charge is 2.37. The van der Waals surface area contributed by atoms with E-state index >= 15 is 0 Å². The van der Waals surface area contributed by atoms with Crippen molar-refractivity contribution in [3.63, 3.8) is 0 Å². The minimum absolute atomic E-state index is 0.0326. The van der Waals surface area contributed by atoms with E-state index < -0.39 is 18.3 Å². The zero-order valence-electron chi connectivity index (χ0n) is 11.9. The minimum Gasteiger partial charge on any atom is -0.322 e. The fourth-order valence-electron chi connectivity index (χ4n) is 2.88. The van der Waals surface area contributed by atoms with E-state index in [-0.39, 0.29) is 18.9 Å². The Labute approximate surface area is 131 Å². The van der Waals surface area contributed by atoms with Crippen molar-refractivity contribution in [3.05, 3.63) is 35.2 Å². The summed E-state index contributed by atoms with van der Waals surface area (Å²) >= 11 is 1.61. The van der Waals surface area contributed by atoms with Crippen LogP contribution in [0.25, 0.3) is 10.1 Å². The second-order valence-corrected chi connectivity index (χ2v) is 6.45. The molecule has 2 aromatic rings. The third-order valence-electron chi connectivity index (χ3n) is 4.00. The van der Waals surface area contributed by atoms with E-state index in [1.165, 1.54) is 4.90 Å². The molecule has 2 heterocycles. The smallest absolute Gasteiger partial charge is 0.241 e. The Morgan fingerprint density at radius 2 is 2.32 bits per heavy atom. The Bertz CT molecular complexity index is 738. The summed E-state index contributed by atoms with van der Waals surface area (Å²) in [5, 5.41) is 12.1. The van der Waals surface area contributed by atoms with Gasteiger partial charge in [-0.15, -0.1) is 11.3 Å². The summed E-state index contributed by atoms with van der Waals surface area (Å²) in [5.41, 5.74) is 7.04. The van der Waals surface area contributed by atoms with Crippen molar-refractivity contribution in [2.45, 2.75) is 31.1 Å². The highest BCUT2D eigenvalue weighted by molar-refractivity contribution is 7.17. The zero-order chi connectivity index (χ0) is 15.7. The standard InChI is InChI=1S/C16H16FN3OS/c17-11-6-12(7-18)20(8-11)16(21)14(19)5-10-9-22-15-4-2-1-3-13(10)15/h1-4,9,11-12,14H,5-6,8,19H2/t11-,12-,14-/m0/s1. The van der Waals surface area contributed by atoms with Crippen LogP contribution in [-0.2, 0) is 11.2 Å².